The Morgan fingerprint density at radius 1 is 0.292 bits per heavy atom. The van der Waals surface area contributed by atoms with Crippen LogP contribution in [-0.4, -0.2) is 96.7 Å². The molecule has 3 unspecified atom stereocenters. The Labute approximate surface area is 588 Å². The minimum Gasteiger partial charge on any atom is -0.462 e. The molecular formula is C77H150O17P2. The van der Waals surface area contributed by atoms with Gasteiger partial charge in [-0.05, 0) is 31.6 Å². The van der Waals surface area contributed by atoms with Gasteiger partial charge in [0.15, 0.2) is 12.2 Å². The minimum absolute atomic E-state index is 0.102. The molecule has 96 heavy (non-hydrogen) atoms. The van der Waals surface area contributed by atoms with Crippen molar-refractivity contribution in [2.75, 3.05) is 39.6 Å². The van der Waals surface area contributed by atoms with Gasteiger partial charge in [-0.2, -0.15) is 0 Å². The average Bonchev–Trinajstić information content (AvgIpc) is 1.30. The molecule has 0 aromatic rings. The maximum atomic E-state index is 13.1. The van der Waals surface area contributed by atoms with Gasteiger partial charge >= 0.3 is 39.5 Å². The predicted molar refractivity (Wildman–Crippen MR) is 391 cm³/mol. The maximum Gasteiger partial charge on any atom is 0.472 e. The summed E-state index contributed by atoms with van der Waals surface area (Å²) in [4.78, 5) is 72.5. The number of hydrogen-bond donors (Lipinski definition) is 3. The van der Waals surface area contributed by atoms with Gasteiger partial charge in [0.05, 0.1) is 26.4 Å². The SMILES string of the molecule is CCCCCCCCCCCCCCCCCCCCCCCC(=O)O[C@H](COC(=O)CCCCCCCCCCCCCCCCCCCCCC)COP(=O)(O)OC[C@@H](O)COP(=O)(O)OC[C@@H](COC(=O)CCCCCCC)OC(=O)CCCCCCCCC(C)CC. The molecule has 0 aliphatic carbocycles. The third-order valence-corrected chi connectivity index (χ3v) is 20.3. The van der Waals surface area contributed by atoms with Crippen molar-refractivity contribution in [3.8, 4) is 0 Å². The Balaban J connectivity index is 5.10. The molecule has 17 nitrogen and oxygen atoms in total. The van der Waals surface area contributed by atoms with E-state index in [9.17, 15) is 43.2 Å². The summed E-state index contributed by atoms with van der Waals surface area (Å²) in [6.45, 7) is 7.14. The van der Waals surface area contributed by atoms with E-state index in [4.69, 9.17) is 37.0 Å². The van der Waals surface area contributed by atoms with E-state index in [-0.39, 0.29) is 25.7 Å². The Morgan fingerprint density at radius 2 is 0.500 bits per heavy atom. The van der Waals surface area contributed by atoms with E-state index in [1.807, 2.05) is 0 Å². The van der Waals surface area contributed by atoms with Crippen LogP contribution in [0.3, 0.4) is 0 Å². The molecule has 0 radical (unpaired) electrons. The van der Waals surface area contributed by atoms with E-state index in [0.29, 0.717) is 25.7 Å². The molecule has 0 rings (SSSR count). The number of hydrogen-bond acceptors (Lipinski definition) is 15. The molecule has 0 aliphatic rings. The third-order valence-electron chi connectivity index (χ3n) is 18.4. The van der Waals surface area contributed by atoms with Gasteiger partial charge in [0, 0.05) is 25.7 Å². The number of aliphatic hydroxyl groups is 1. The fraction of sp³-hybridized carbons (Fsp3) is 0.948. The Kier molecular flexibility index (Phi) is 68.7. The zero-order valence-electron chi connectivity index (χ0n) is 62.5. The lowest BCUT2D eigenvalue weighted by Gasteiger charge is -2.21. The molecular weight excluding hydrogens is 1260 g/mol. The maximum absolute atomic E-state index is 13.1. The Morgan fingerprint density at radius 3 is 0.740 bits per heavy atom. The summed E-state index contributed by atoms with van der Waals surface area (Å²) in [7, 11) is -9.90. The van der Waals surface area contributed by atoms with E-state index >= 15 is 0 Å². The molecule has 0 bridgehead atoms. The van der Waals surface area contributed by atoms with Crippen LogP contribution in [0.25, 0.3) is 0 Å². The fourth-order valence-corrected chi connectivity index (χ4v) is 13.4. The molecule has 0 aromatic heterocycles. The summed E-state index contributed by atoms with van der Waals surface area (Å²) in [5, 5.41) is 10.6. The second-order valence-corrected chi connectivity index (χ2v) is 30.9. The van der Waals surface area contributed by atoms with Gasteiger partial charge in [-0.25, -0.2) is 9.13 Å². The van der Waals surface area contributed by atoms with E-state index < -0.39 is 97.5 Å². The van der Waals surface area contributed by atoms with E-state index in [1.165, 1.54) is 225 Å². The summed E-state index contributed by atoms with van der Waals surface area (Å²) in [6, 6.07) is 0. The standard InChI is InChI=1S/C77H150O17P2/c1-6-10-13-16-18-20-22-24-26-28-30-32-34-36-38-40-42-44-46-52-57-62-76(81)93-73(67-88-75(80)61-56-51-45-43-41-39-37-35-33-31-29-27-25-23-21-19-17-14-11-7-2)69-92-96(85,86)90-65-71(78)64-89-95(83,84)91-68-72(66-87-74(79)60-55-49-15-12-8-3)94-77(82)63-58-53-48-47-50-54-59-70(5)9-4/h70-73,78H,6-69H2,1-5H3,(H,83,84)(H,85,86)/t70?,71-,72+,73+/m0/s1. The number of phosphoric ester groups is 2. The summed E-state index contributed by atoms with van der Waals surface area (Å²) in [6.07, 6.45) is 60.5. The molecule has 0 fully saturated rings. The van der Waals surface area contributed by atoms with Crippen LogP contribution in [0.5, 0.6) is 0 Å². The highest BCUT2D eigenvalue weighted by molar-refractivity contribution is 7.47. The molecule has 0 spiro atoms. The van der Waals surface area contributed by atoms with E-state index in [0.717, 1.165) is 102 Å². The number of unbranched alkanes of at least 4 members (excludes halogenated alkanes) is 48. The van der Waals surface area contributed by atoms with Crippen molar-refractivity contribution in [1.29, 1.82) is 0 Å². The first-order valence-electron chi connectivity index (χ1n) is 40.2. The lowest BCUT2D eigenvalue weighted by atomic mass is 10.00. The van der Waals surface area contributed by atoms with Crippen LogP contribution in [0.2, 0.25) is 0 Å². The molecule has 0 saturated heterocycles. The molecule has 0 amide bonds. The highest BCUT2D eigenvalue weighted by Gasteiger charge is 2.30. The lowest BCUT2D eigenvalue weighted by molar-refractivity contribution is -0.161. The van der Waals surface area contributed by atoms with Crippen molar-refractivity contribution in [3.05, 3.63) is 0 Å². The van der Waals surface area contributed by atoms with Crippen molar-refractivity contribution >= 4 is 39.5 Å². The van der Waals surface area contributed by atoms with E-state index in [1.54, 1.807) is 0 Å². The molecule has 0 aromatic carbocycles. The quantitative estimate of drug-likeness (QED) is 0.0222. The minimum atomic E-state index is -4.96. The second-order valence-electron chi connectivity index (χ2n) is 28.0. The number of rotatable bonds is 77. The summed E-state index contributed by atoms with van der Waals surface area (Å²) < 4.78 is 68.3. The number of carbonyl (C=O) groups excluding carboxylic acids is 4. The van der Waals surface area contributed by atoms with Gasteiger partial charge < -0.3 is 33.8 Å². The molecule has 6 atom stereocenters. The zero-order chi connectivity index (χ0) is 70.5. The molecule has 0 aliphatic heterocycles. The first-order valence-corrected chi connectivity index (χ1v) is 43.2. The van der Waals surface area contributed by atoms with Crippen molar-refractivity contribution < 1.29 is 80.2 Å². The van der Waals surface area contributed by atoms with Gasteiger partial charge in [0.1, 0.15) is 19.3 Å². The highest BCUT2D eigenvalue weighted by Crippen LogP contribution is 2.45. The van der Waals surface area contributed by atoms with Crippen LogP contribution in [-0.2, 0) is 65.4 Å². The number of ether oxygens (including phenoxy) is 4. The predicted octanol–water partition coefficient (Wildman–Crippen LogP) is 22.9. The van der Waals surface area contributed by atoms with Gasteiger partial charge in [0.25, 0.3) is 0 Å². The molecule has 0 heterocycles. The fourth-order valence-electron chi connectivity index (χ4n) is 11.8. The number of phosphoric acid groups is 2. The molecule has 3 N–H and O–H groups in total. The van der Waals surface area contributed by atoms with Gasteiger partial charge in [-0.3, -0.25) is 37.3 Å². The Hall–Kier alpha value is -1.94. The number of aliphatic hydroxyl groups excluding tert-OH is 1. The smallest absolute Gasteiger partial charge is 0.462 e. The van der Waals surface area contributed by atoms with Crippen molar-refractivity contribution in [2.24, 2.45) is 5.92 Å². The molecule has 0 saturated carbocycles. The van der Waals surface area contributed by atoms with Crippen LogP contribution in [0.15, 0.2) is 0 Å². The second kappa shape index (κ2) is 70.1. The lowest BCUT2D eigenvalue weighted by Crippen LogP contribution is -2.30. The number of esters is 4. The van der Waals surface area contributed by atoms with Crippen LogP contribution in [0, 0.1) is 5.92 Å². The normalized spacial score (nSPS) is 14.2. The molecule has 570 valence electrons. The van der Waals surface area contributed by atoms with Crippen LogP contribution >= 0.6 is 15.6 Å². The van der Waals surface area contributed by atoms with Gasteiger partial charge in [-0.15, -0.1) is 0 Å². The van der Waals surface area contributed by atoms with Crippen LogP contribution in [0.1, 0.15) is 407 Å². The first kappa shape index (κ1) is 94.1. The van der Waals surface area contributed by atoms with Gasteiger partial charge in [0.2, 0.25) is 0 Å². The summed E-state index contributed by atoms with van der Waals surface area (Å²) in [5.41, 5.74) is 0. The molecule has 19 heteroatoms. The largest absolute Gasteiger partial charge is 0.472 e. The zero-order valence-corrected chi connectivity index (χ0v) is 64.3. The summed E-state index contributed by atoms with van der Waals surface area (Å²) >= 11 is 0. The van der Waals surface area contributed by atoms with Crippen LogP contribution < -0.4 is 0 Å². The monoisotopic (exact) mass is 1410 g/mol. The third kappa shape index (κ3) is 69.2. The topological polar surface area (TPSA) is 237 Å². The van der Waals surface area contributed by atoms with Crippen molar-refractivity contribution in [2.45, 2.75) is 425 Å². The van der Waals surface area contributed by atoms with E-state index in [2.05, 4.69) is 34.6 Å². The summed E-state index contributed by atoms with van der Waals surface area (Å²) in [5.74, 6) is -1.41. The van der Waals surface area contributed by atoms with Crippen LogP contribution in [0.4, 0.5) is 0 Å². The average molecular weight is 1410 g/mol. The van der Waals surface area contributed by atoms with Crippen molar-refractivity contribution in [1.82, 2.24) is 0 Å². The number of carbonyl (C=O) groups is 4. The Bertz CT molecular complexity index is 1840. The van der Waals surface area contributed by atoms with Gasteiger partial charge in [-0.1, -0.05) is 356 Å². The van der Waals surface area contributed by atoms with Crippen molar-refractivity contribution in [3.63, 3.8) is 0 Å². The first-order chi connectivity index (χ1) is 46.6. The highest BCUT2D eigenvalue weighted by atomic mass is 31.2.